The molecule has 3 rings (SSSR count). The SMILES string of the molecule is O=C1C(Cl)=C(c2ccc(Cl)cc2)C(=O)N1c1ccc(F)cc1F. The van der Waals surface area contributed by atoms with Crippen LogP contribution in [0.25, 0.3) is 5.57 Å². The molecule has 23 heavy (non-hydrogen) atoms. The van der Waals surface area contributed by atoms with E-state index in [0.717, 1.165) is 12.1 Å². The lowest BCUT2D eigenvalue weighted by Gasteiger charge is -2.15. The zero-order valence-corrected chi connectivity index (χ0v) is 12.8. The van der Waals surface area contributed by atoms with E-state index < -0.39 is 23.4 Å². The lowest BCUT2D eigenvalue weighted by Crippen LogP contribution is -2.32. The zero-order chi connectivity index (χ0) is 16.7. The number of halogens is 4. The van der Waals surface area contributed by atoms with E-state index in [1.54, 1.807) is 0 Å². The molecule has 1 aliphatic heterocycles. The first kappa shape index (κ1) is 15.6. The van der Waals surface area contributed by atoms with Gasteiger partial charge in [-0.3, -0.25) is 9.59 Å². The van der Waals surface area contributed by atoms with Crippen molar-refractivity contribution in [2.45, 2.75) is 0 Å². The molecule has 0 saturated heterocycles. The van der Waals surface area contributed by atoms with E-state index in [0.29, 0.717) is 21.6 Å². The van der Waals surface area contributed by atoms with E-state index in [1.165, 1.54) is 24.3 Å². The molecular formula is C16H7Cl2F2NO2. The normalized spacial score (nSPS) is 14.9. The molecule has 0 N–H and O–H groups in total. The van der Waals surface area contributed by atoms with Gasteiger partial charge in [0.1, 0.15) is 16.7 Å². The Balaban J connectivity index is 2.07. The van der Waals surface area contributed by atoms with Crippen molar-refractivity contribution < 1.29 is 18.4 Å². The molecule has 0 fully saturated rings. The van der Waals surface area contributed by atoms with Gasteiger partial charge in [-0.25, -0.2) is 13.7 Å². The second kappa shape index (κ2) is 5.76. The first-order chi connectivity index (χ1) is 10.9. The Morgan fingerprint density at radius 2 is 1.52 bits per heavy atom. The van der Waals surface area contributed by atoms with Crippen LogP contribution in [0.15, 0.2) is 47.5 Å². The van der Waals surface area contributed by atoms with Crippen LogP contribution in [0, 0.1) is 11.6 Å². The smallest absolute Gasteiger partial charge is 0.268 e. The third-order valence-corrected chi connectivity index (χ3v) is 3.91. The topological polar surface area (TPSA) is 37.4 Å². The number of amides is 2. The van der Waals surface area contributed by atoms with E-state index >= 15 is 0 Å². The van der Waals surface area contributed by atoms with E-state index in [-0.39, 0.29) is 16.3 Å². The molecule has 0 aromatic heterocycles. The maximum Gasteiger partial charge on any atom is 0.277 e. The predicted octanol–water partition coefficient (Wildman–Crippen LogP) is 4.14. The largest absolute Gasteiger partial charge is 0.277 e. The fourth-order valence-corrected chi connectivity index (χ4v) is 2.65. The first-order valence-corrected chi connectivity index (χ1v) is 7.15. The molecule has 116 valence electrons. The van der Waals surface area contributed by atoms with E-state index in [4.69, 9.17) is 23.2 Å². The molecule has 2 amide bonds. The van der Waals surface area contributed by atoms with Crippen molar-refractivity contribution in [3.05, 3.63) is 69.7 Å². The molecule has 2 aromatic carbocycles. The summed E-state index contributed by atoms with van der Waals surface area (Å²) in [6, 6.07) is 8.66. The van der Waals surface area contributed by atoms with Crippen molar-refractivity contribution in [1.82, 2.24) is 0 Å². The van der Waals surface area contributed by atoms with Gasteiger partial charge in [0, 0.05) is 11.1 Å². The quantitative estimate of drug-likeness (QED) is 0.760. The van der Waals surface area contributed by atoms with Gasteiger partial charge in [-0.1, -0.05) is 35.3 Å². The average molecular weight is 354 g/mol. The Hall–Kier alpha value is -2.24. The van der Waals surface area contributed by atoms with Crippen molar-refractivity contribution in [1.29, 1.82) is 0 Å². The molecule has 0 unspecified atom stereocenters. The van der Waals surface area contributed by atoms with Crippen LogP contribution in [0.5, 0.6) is 0 Å². The van der Waals surface area contributed by atoms with Crippen LogP contribution in [-0.2, 0) is 9.59 Å². The summed E-state index contributed by atoms with van der Waals surface area (Å²) in [6.45, 7) is 0. The van der Waals surface area contributed by atoms with E-state index in [1.807, 2.05) is 0 Å². The van der Waals surface area contributed by atoms with Gasteiger partial charge in [0.15, 0.2) is 0 Å². The van der Waals surface area contributed by atoms with Gasteiger partial charge < -0.3 is 0 Å². The molecule has 7 heteroatoms. The molecule has 0 radical (unpaired) electrons. The van der Waals surface area contributed by atoms with Crippen LogP contribution in [0.2, 0.25) is 5.02 Å². The van der Waals surface area contributed by atoms with Gasteiger partial charge in [-0.2, -0.15) is 0 Å². The molecule has 1 heterocycles. The number of hydrogen-bond acceptors (Lipinski definition) is 2. The predicted molar refractivity (Wildman–Crippen MR) is 83.1 cm³/mol. The number of rotatable bonds is 2. The summed E-state index contributed by atoms with van der Waals surface area (Å²) in [5, 5.41) is 0.115. The molecule has 0 saturated carbocycles. The number of carbonyl (C=O) groups is 2. The highest BCUT2D eigenvalue weighted by molar-refractivity contribution is 6.60. The van der Waals surface area contributed by atoms with Crippen LogP contribution in [-0.4, -0.2) is 11.8 Å². The Bertz CT molecular complexity index is 863. The van der Waals surface area contributed by atoms with Crippen molar-refractivity contribution in [2.75, 3.05) is 4.90 Å². The lowest BCUT2D eigenvalue weighted by atomic mass is 10.1. The van der Waals surface area contributed by atoms with Crippen molar-refractivity contribution >= 4 is 46.3 Å². The van der Waals surface area contributed by atoms with Gasteiger partial charge >= 0.3 is 0 Å². The Morgan fingerprint density at radius 3 is 2.13 bits per heavy atom. The number of imide groups is 1. The maximum atomic E-state index is 13.9. The zero-order valence-electron chi connectivity index (χ0n) is 11.3. The summed E-state index contributed by atoms with van der Waals surface area (Å²) in [7, 11) is 0. The number of nitrogens with zero attached hydrogens (tertiary/aromatic N) is 1. The number of hydrogen-bond donors (Lipinski definition) is 0. The van der Waals surface area contributed by atoms with Crippen molar-refractivity contribution in [2.24, 2.45) is 0 Å². The Morgan fingerprint density at radius 1 is 0.870 bits per heavy atom. The van der Waals surface area contributed by atoms with Gasteiger partial charge in [0.2, 0.25) is 0 Å². The molecule has 0 aliphatic carbocycles. The van der Waals surface area contributed by atoms with Crippen LogP contribution >= 0.6 is 23.2 Å². The lowest BCUT2D eigenvalue weighted by molar-refractivity contribution is -0.119. The monoisotopic (exact) mass is 353 g/mol. The first-order valence-electron chi connectivity index (χ1n) is 6.39. The second-order valence-corrected chi connectivity index (χ2v) is 5.55. The minimum atomic E-state index is -1.03. The summed E-state index contributed by atoms with van der Waals surface area (Å²) in [5.41, 5.74) is -0.0386. The summed E-state index contributed by atoms with van der Waals surface area (Å²) in [5.74, 6) is -3.50. The van der Waals surface area contributed by atoms with E-state index in [9.17, 15) is 18.4 Å². The summed E-state index contributed by atoms with van der Waals surface area (Å²) < 4.78 is 26.9. The minimum Gasteiger partial charge on any atom is -0.268 e. The van der Waals surface area contributed by atoms with Crippen molar-refractivity contribution in [3.8, 4) is 0 Å². The second-order valence-electron chi connectivity index (χ2n) is 4.74. The fraction of sp³-hybridized carbons (Fsp3) is 0. The van der Waals surface area contributed by atoms with Gasteiger partial charge in [-0.05, 0) is 29.8 Å². The van der Waals surface area contributed by atoms with Crippen LogP contribution < -0.4 is 4.90 Å². The highest BCUT2D eigenvalue weighted by atomic mass is 35.5. The average Bonchev–Trinajstić information content (AvgIpc) is 2.72. The number of anilines is 1. The molecule has 1 aliphatic rings. The molecule has 0 atom stereocenters. The number of benzene rings is 2. The molecule has 0 bridgehead atoms. The maximum absolute atomic E-state index is 13.9. The summed E-state index contributed by atoms with van der Waals surface area (Å²) in [6.07, 6.45) is 0. The standard InChI is InChI=1S/C16H7Cl2F2NO2/c17-9-3-1-8(2-4-9)13-14(18)16(23)21(15(13)22)12-6-5-10(19)7-11(12)20/h1-7H. The van der Waals surface area contributed by atoms with Crippen molar-refractivity contribution in [3.63, 3.8) is 0 Å². The molecule has 3 nitrogen and oxygen atoms in total. The Labute approximate surface area is 139 Å². The number of carbonyl (C=O) groups excluding carboxylic acids is 2. The minimum absolute atomic E-state index is 0.0583. The molecular weight excluding hydrogens is 347 g/mol. The highest BCUT2D eigenvalue weighted by Gasteiger charge is 2.40. The summed E-state index contributed by atoms with van der Waals surface area (Å²) in [4.78, 5) is 25.3. The van der Waals surface area contributed by atoms with Gasteiger partial charge in [-0.15, -0.1) is 0 Å². The van der Waals surface area contributed by atoms with Crippen LogP contribution in [0.1, 0.15) is 5.56 Å². The molecule has 2 aromatic rings. The molecule has 0 spiro atoms. The third-order valence-electron chi connectivity index (χ3n) is 3.31. The summed E-state index contributed by atoms with van der Waals surface area (Å²) >= 11 is 11.7. The van der Waals surface area contributed by atoms with Crippen LogP contribution in [0.4, 0.5) is 14.5 Å². The van der Waals surface area contributed by atoms with Gasteiger partial charge in [0.05, 0.1) is 11.3 Å². The van der Waals surface area contributed by atoms with E-state index in [2.05, 4.69) is 0 Å². The van der Waals surface area contributed by atoms with Crippen LogP contribution in [0.3, 0.4) is 0 Å². The van der Waals surface area contributed by atoms with Gasteiger partial charge in [0.25, 0.3) is 11.8 Å². The fourth-order valence-electron chi connectivity index (χ4n) is 2.25. The Kier molecular flexibility index (Phi) is 3.92. The third kappa shape index (κ3) is 2.62. The highest BCUT2D eigenvalue weighted by Crippen LogP contribution is 2.36.